The minimum absolute atomic E-state index is 0.0427. The second-order valence-corrected chi connectivity index (χ2v) is 11.1. The van der Waals surface area contributed by atoms with E-state index in [-0.39, 0.29) is 33.9 Å². The number of hydroxylamine groups is 2. The molecular weight excluding hydrogens is 533 g/mol. The van der Waals surface area contributed by atoms with Gasteiger partial charge in [-0.15, -0.1) is 21.1 Å². The van der Waals surface area contributed by atoms with Crippen molar-refractivity contribution in [3.05, 3.63) is 41.5 Å². The molecule has 3 amide bonds. The van der Waals surface area contributed by atoms with Gasteiger partial charge >= 0.3 is 15.6 Å². The molecule has 0 bridgehead atoms. The van der Waals surface area contributed by atoms with Crippen molar-refractivity contribution in [2.75, 3.05) is 18.8 Å². The van der Waals surface area contributed by atoms with Crippen LogP contribution in [-0.2, 0) is 19.2 Å². The number of thioether (sulfide) groups is 1. The summed E-state index contributed by atoms with van der Waals surface area (Å²) in [5.41, 5.74) is -6.16. The average molecular weight is 561 g/mol. The molecular formula is C24H27F3N2O6S2. The highest BCUT2D eigenvalue weighted by Crippen LogP contribution is 2.37. The largest absolute Gasteiger partial charge is 0.525 e. The van der Waals surface area contributed by atoms with Crippen molar-refractivity contribution in [2.45, 2.75) is 56.4 Å². The minimum Gasteiger partial charge on any atom is -0.343 e. The molecule has 0 unspecified atom stereocenters. The highest BCUT2D eigenvalue weighted by molar-refractivity contribution is 7.99. The van der Waals surface area contributed by atoms with Gasteiger partial charge in [0.15, 0.2) is 0 Å². The summed E-state index contributed by atoms with van der Waals surface area (Å²) in [6.07, 6.45) is 4.09. The summed E-state index contributed by atoms with van der Waals surface area (Å²) in [4.78, 5) is 40.8. The number of amides is 3. The molecule has 0 fully saturated rings. The van der Waals surface area contributed by atoms with Crippen LogP contribution in [-0.4, -0.2) is 60.5 Å². The standard InChI is InChI=1S/C24H27F3N2O6S2/c1-3-5-13-28(14-6-4-2)20(30)12-15-36-19-11-10-18-21-16(19)8-7-9-17(21)22(31)29(23(18)32)35-37(33,34)24(25,26)27/h7-11H,3-6,12-15H2,1-2H3. The Morgan fingerprint density at radius 1 is 1.00 bits per heavy atom. The van der Waals surface area contributed by atoms with Gasteiger partial charge in [-0.2, -0.15) is 21.6 Å². The minimum atomic E-state index is -6.24. The molecule has 0 atom stereocenters. The summed E-state index contributed by atoms with van der Waals surface area (Å²) in [5, 5.41) is 0.291. The molecule has 2 aromatic rings. The van der Waals surface area contributed by atoms with Crippen LogP contribution in [0, 0.1) is 0 Å². The number of carbonyl (C=O) groups excluding carboxylic acids is 3. The molecule has 1 aliphatic rings. The molecule has 0 saturated carbocycles. The van der Waals surface area contributed by atoms with E-state index in [1.54, 1.807) is 12.1 Å². The van der Waals surface area contributed by atoms with Crippen LogP contribution in [0.25, 0.3) is 10.8 Å². The van der Waals surface area contributed by atoms with Gasteiger partial charge < -0.3 is 4.90 Å². The topological polar surface area (TPSA) is 101 Å². The molecule has 0 saturated heterocycles. The molecule has 1 aliphatic heterocycles. The van der Waals surface area contributed by atoms with Crippen LogP contribution in [0.15, 0.2) is 35.2 Å². The van der Waals surface area contributed by atoms with Crippen LogP contribution >= 0.6 is 11.8 Å². The van der Waals surface area contributed by atoms with Crippen LogP contribution in [0.4, 0.5) is 13.2 Å². The Labute approximate surface area is 217 Å². The van der Waals surface area contributed by atoms with Gasteiger partial charge in [0.2, 0.25) is 5.91 Å². The number of unbranched alkanes of at least 4 members (excludes halogenated alkanes) is 2. The van der Waals surface area contributed by atoms with Crippen molar-refractivity contribution in [3.63, 3.8) is 0 Å². The smallest absolute Gasteiger partial charge is 0.343 e. The van der Waals surface area contributed by atoms with Gasteiger partial charge in [-0.1, -0.05) is 38.8 Å². The molecule has 0 aromatic heterocycles. The third kappa shape index (κ3) is 6.27. The second-order valence-electron chi connectivity index (χ2n) is 8.40. The predicted molar refractivity (Wildman–Crippen MR) is 132 cm³/mol. The van der Waals surface area contributed by atoms with Crippen LogP contribution in [0.5, 0.6) is 0 Å². The van der Waals surface area contributed by atoms with Gasteiger partial charge in [-0.25, -0.2) is 0 Å². The maximum Gasteiger partial charge on any atom is 0.525 e. The summed E-state index contributed by atoms with van der Waals surface area (Å²) < 4.78 is 65.1. The molecule has 37 heavy (non-hydrogen) atoms. The molecule has 1 heterocycles. The number of benzene rings is 2. The Bertz CT molecular complexity index is 1270. The molecule has 8 nitrogen and oxygen atoms in total. The molecule has 202 valence electrons. The number of hydrogen-bond donors (Lipinski definition) is 0. The van der Waals surface area contributed by atoms with Crippen molar-refractivity contribution in [1.29, 1.82) is 0 Å². The van der Waals surface area contributed by atoms with Crippen molar-refractivity contribution in [1.82, 2.24) is 9.96 Å². The molecule has 0 radical (unpaired) electrons. The summed E-state index contributed by atoms with van der Waals surface area (Å²) in [7, 11) is -6.24. The first kappa shape index (κ1) is 28.9. The predicted octanol–water partition coefficient (Wildman–Crippen LogP) is 5.13. The van der Waals surface area contributed by atoms with Crippen molar-refractivity contribution >= 4 is 50.4 Å². The SMILES string of the molecule is CCCCN(CCCC)C(=O)CCSc1ccc2c3c(cccc13)C(=O)N(OS(=O)(=O)C(F)(F)F)C2=O. The Morgan fingerprint density at radius 2 is 1.59 bits per heavy atom. The second kappa shape index (κ2) is 11.8. The molecule has 2 aromatic carbocycles. The Morgan fingerprint density at radius 3 is 2.16 bits per heavy atom. The zero-order chi connectivity index (χ0) is 27.4. The fourth-order valence-corrected chi connectivity index (χ4v) is 5.25. The Hall–Kier alpha value is -2.64. The van der Waals surface area contributed by atoms with E-state index in [1.165, 1.54) is 30.0 Å². The zero-order valence-corrected chi connectivity index (χ0v) is 22.0. The number of nitrogens with zero attached hydrogens (tertiary/aromatic N) is 2. The number of carbonyl (C=O) groups is 3. The Kier molecular flexibility index (Phi) is 9.24. The van der Waals surface area contributed by atoms with Gasteiger partial charge in [0, 0.05) is 35.5 Å². The monoisotopic (exact) mass is 560 g/mol. The van der Waals surface area contributed by atoms with Crippen molar-refractivity contribution in [2.24, 2.45) is 0 Å². The number of halogens is 3. The lowest BCUT2D eigenvalue weighted by Gasteiger charge is -2.26. The molecule has 0 spiro atoms. The van der Waals surface area contributed by atoms with E-state index in [9.17, 15) is 36.0 Å². The van der Waals surface area contributed by atoms with Gasteiger partial charge in [0.1, 0.15) is 0 Å². The van der Waals surface area contributed by atoms with Gasteiger partial charge in [-0.3, -0.25) is 14.4 Å². The maximum absolute atomic E-state index is 12.8. The molecule has 0 aliphatic carbocycles. The van der Waals surface area contributed by atoms with Crippen LogP contribution in [0.3, 0.4) is 0 Å². The summed E-state index contributed by atoms with van der Waals surface area (Å²) in [5.74, 6) is -2.17. The lowest BCUT2D eigenvalue weighted by Crippen LogP contribution is -2.44. The first-order valence-electron chi connectivity index (χ1n) is 11.8. The van der Waals surface area contributed by atoms with E-state index < -0.39 is 27.4 Å². The van der Waals surface area contributed by atoms with E-state index in [2.05, 4.69) is 18.1 Å². The first-order valence-corrected chi connectivity index (χ1v) is 14.2. The number of rotatable bonds is 12. The van der Waals surface area contributed by atoms with Gasteiger partial charge in [-0.05, 0) is 36.4 Å². The van der Waals surface area contributed by atoms with E-state index in [0.717, 1.165) is 25.7 Å². The molecule has 13 heteroatoms. The van der Waals surface area contributed by atoms with Crippen LogP contribution < -0.4 is 0 Å². The van der Waals surface area contributed by atoms with Crippen LogP contribution in [0.1, 0.15) is 66.7 Å². The number of alkyl halides is 3. The van der Waals surface area contributed by atoms with E-state index in [0.29, 0.717) is 29.1 Å². The van der Waals surface area contributed by atoms with E-state index in [4.69, 9.17) is 0 Å². The Balaban J connectivity index is 1.82. The number of hydrogen-bond acceptors (Lipinski definition) is 7. The van der Waals surface area contributed by atoms with Crippen LogP contribution in [0.2, 0.25) is 0 Å². The number of imide groups is 1. The lowest BCUT2D eigenvalue weighted by molar-refractivity contribution is -0.130. The quantitative estimate of drug-likeness (QED) is 0.202. The third-order valence-corrected chi connectivity index (χ3v) is 7.76. The molecule has 0 N–H and O–H groups in total. The zero-order valence-electron chi connectivity index (χ0n) is 20.3. The van der Waals surface area contributed by atoms with Gasteiger partial charge in [0.25, 0.3) is 11.8 Å². The van der Waals surface area contributed by atoms with Crippen molar-refractivity contribution in [3.8, 4) is 0 Å². The normalized spacial score (nSPS) is 13.9. The first-order chi connectivity index (χ1) is 17.4. The fourth-order valence-electron chi connectivity index (χ4n) is 3.85. The van der Waals surface area contributed by atoms with Gasteiger partial charge in [0.05, 0.1) is 11.1 Å². The maximum atomic E-state index is 12.8. The summed E-state index contributed by atoms with van der Waals surface area (Å²) in [6.45, 7) is 5.53. The van der Waals surface area contributed by atoms with E-state index >= 15 is 0 Å². The lowest BCUT2D eigenvalue weighted by atomic mass is 9.95. The highest BCUT2D eigenvalue weighted by Gasteiger charge is 2.51. The average Bonchev–Trinajstić information content (AvgIpc) is 2.84. The third-order valence-electron chi connectivity index (χ3n) is 5.78. The summed E-state index contributed by atoms with van der Waals surface area (Å²) >= 11 is 1.35. The highest BCUT2D eigenvalue weighted by atomic mass is 32.2. The van der Waals surface area contributed by atoms with Crippen molar-refractivity contribution < 1.29 is 40.3 Å². The van der Waals surface area contributed by atoms with E-state index in [1.807, 2.05) is 4.90 Å². The molecule has 3 rings (SSSR count). The summed E-state index contributed by atoms with van der Waals surface area (Å²) in [6, 6.07) is 7.24. The fraction of sp³-hybridized carbons (Fsp3) is 0.458.